The first-order valence-corrected chi connectivity index (χ1v) is 10.8. The molecule has 2 aromatic rings. The average molecular weight is 407 g/mol. The molecule has 8 heteroatoms. The van der Waals surface area contributed by atoms with Crippen molar-refractivity contribution in [2.24, 2.45) is 11.8 Å². The van der Waals surface area contributed by atoms with Crippen molar-refractivity contribution in [2.45, 2.75) is 45.6 Å². The van der Waals surface area contributed by atoms with Crippen molar-refractivity contribution in [2.75, 3.05) is 13.1 Å². The summed E-state index contributed by atoms with van der Waals surface area (Å²) in [7, 11) is -3.57. The first-order chi connectivity index (χ1) is 13.2. The topological polar surface area (TPSA) is 89.7 Å². The minimum atomic E-state index is -3.57. The van der Waals surface area contributed by atoms with Crippen LogP contribution in [0.2, 0.25) is 0 Å². The van der Waals surface area contributed by atoms with Crippen LogP contribution in [0.5, 0.6) is 0 Å². The number of sulfonamides is 1. The molecule has 1 saturated heterocycles. The van der Waals surface area contributed by atoms with Crippen molar-refractivity contribution in [3.63, 3.8) is 0 Å². The van der Waals surface area contributed by atoms with Crippen LogP contribution in [-0.4, -0.2) is 36.9 Å². The normalized spacial score (nSPS) is 20.9. The Kier molecular flexibility index (Phi) is 5.90. The molecule has 0 bridgehead atoms. The Morgan fingerprint density at radius 2 is 1.79 bits per heavy atom. The average Bonchev–Trinajstić information content (AvgIpc) is 2.97. The monoisotopic (exact) mass is 406 g/mol. The zero-order valence-electron chi connectivity index (χ0n) is 16.6. The lowest BCUT2D eigenvalue weighted by atomic mass is 9.94. The maximum atomic E-state index is 12.9. The highest BCUT2D eigenvalue weighted by molar-refractivity contribution is 7.89. The number of benzene rings is 1. The molecule has 0 saturated carbocycles. The van der Waals surface area contributed by atoms with E-state index in [2.05, 4.69) is 19.0 Å². The summed E-state index contributed by atoms with van der Waals surface area (Å²) in [6, 6.07) is 5.90. The second-order valence-corrected chi connectivity index (χ2v) is 9.61. The lowest BCUT2D eigenvalue weighted by Gasteiger charge is -2.34. The summed E-state index contributed by atoms with van der Waals surface area (Å²) in [5, 5.41) is 3.82. The predicted octanol–water partition coefficient (Wildman–Crippen LogP) is 3.32. The van der Waals surface area contributed by atoms with E-state index in [1.54, 1.807) is 13.8 Å². The van der Waals surface area contributed by atoms with Crippen molar-refractivity contribution in [3.8, 4) is 0 Å². The zero-order valence-corrected chi connectivity index (χ0v) is 17.5. The molecule has 1 fully saturated rings. The van der Waals surface area contributed by atoms with Crippen molar-refractivity contribution >= 4 is 16.0 Å². The molecule has 2 atom stereocenters. The molecule has 1 aliphatic rings. The van der Waals surface area contributed by atoms with Crippen LogP contribution in [0.4, 0.5) is 0 Å². The highest BCUT2D eigenvalue weighted by Gasteiger charge is 2.31. The van der Waals surface area contributed by atoms with E-state index in [0.717, 1.165) is 12.0 Å². The summed E-state index contributed by atoms with van der Waals surface area (Å²) in [4.78, 5) is 12.5. The third-order valence-electron chi connectivity index (χ3n) is 5.09. The predicted molar refractivity (Wildman–Crippen MR) is 103 cm³/mol. The number of aryl methyl sites for hydroxylation is 2. The number of carbonyl (C=O) groups excluding carboxylic acids is 1. The fourth-order valence-corrected chi connectivity index (χ4v) is 5.32. The molecular weight excluding hydrogens is 380 g/mol. The lowest BCUT2D eigenvalue weighted by Crippen LogP contribution is -2.42. The SMILES string of the molecule is Cc1noc(C)c1COC(=O)c1ccc(S(=O)(=O)N2C[C@H](C)C[C@H](C)C2)cc1. The molecule has 0 aliphatic carbocycles. The summed E-state index contributed by atoms with van der Waals surface area (Å²) in [6.07, 6.45) is 1.03. The molecule has 1 aromatic heterocycles. The molecule has 7 nitrogen and oxygen atoms in total. The number of carbonyl (C=O) groups is 1. The number of nitrogens with zero attached hydrogens (tertiary/aromatic N) is 2. The lowest BCUT2D eigenvalue weighted by molar-refractivity contribution is 0.0470. The standard InChI is InChI=1S/C20H26N2O5S/c1-13-9-14(2)11-22(10-13)28(24,25)18-7-5-17(6-8-18)20(23)26-12-19-15(3)21-27-16(19)4/h5-8,13-14H,9-12H2,1-4H3/t13-,14+. The van der Waals surface area contributed by atoms with Gasteiger partial charge in [-0.2, -0.15) is 4.31 Å². The quantitative estimate of drug-likeness (QED) is 0.708. The molecule has 0 unspecified atom stereocenters. The number of esters is 1. The first-order valence-electron chi connectivity index (χ1n) is 9.37. The molecule has 2 heterocycles. The molecule has 0 amide bonds. The maximum Gasteiger partial charge on any atom is 0.338 e. The van der Waals surface area contributed by atoms with Gasteiger partial charge in [-0.05, 0) is 56.4 Å². The Morgan fingerprint density at radius 3 is 2.32 bits per heavy atom. The molecule has 3 rings (SSSR count). The number of aromatic nitrogens is 1. The summed E-state index contributed by atoms with van der Waals surface area (Å²) in [5.41, 5.74) is 1.71. The maximum absolute atomic E-state index is 12.9. The van der Waals surface area contributed by atoms with Crippen molar-refractivity contribution in [3.05, 3.63) is 46.8 Å². The molecule has 0 spiro atoms. The van der Waals surface area contributed by atoms with E-state index in [-0.39, 0.29) is 11.5 Å². The van der Waals surface area contributed by atoms with Crippen LogP contribution in [-0.2, 0) is 21.4 Å². The number of hydrogen-bond acceptors (Lipinski definition) is 6. The van der Waals surface area contributed by atoms with Gasteiger partial charge in [-0.25, -0.2) is 13.2 Å². The minimum absolute atomic E-state index is 0.0591. The van der Waals surface area contributed by atoms with Gasteiger partial charge in [0.15, 0.2) is 0 Å². The molecule has 1 aliphatic heterocycles. The van der Waals surface area contributed by atoms with E-state index >= 15 is 0 Å². The van der Waals surface area contributed by atoms with Crippen LogP contribution in [0.3, 0.4) is 0 Å². The highest BCUT2D eigenvalue weighted by Crippen LogP contribution is 2.27. The van der Waals surface area contributed by atoms with E-state index in [9.17, 15) is 13.2 Å². The summed E-state index contributed by atoms with van der Waals surface area (Å²) in [6.45, 7) is 8.77. The van der Waals surface area contributed by atoms with E-state index in [1.165, 1.54) is 28.6 Å². The van der Waals surface area contributed by atoms with Gasteiger partial charge < -0.3 is 9.26 Å². The molecule has 152 valence electrons. The van der Waals surface area contributed by atoms with Gasteiger partial charge in [0.25, 0.3) is 0 Å². The Morgan fingerprint density at radius 1 is 1.18 bits per heavy atom. The van der Waals surface area contributed by atoms with Crippen molar-refractivity contribution in [1.29, 1.82) is 0 Å². The number of piperidine rings is 1. The van der Waals surface area contributed by atoms with Crippen molar-refractivity contribution < 1.29 is 22.5 Å². The molecule has 28 heavy (non-hydrogen) atoms. The molecule has 1 aromatic carbocycles. The van der Waals surface area contributed by atoms with Crippen LogP contribution >= 0.6 is 0 Å². The summed E-state index contributed by atoms with van der Waals surface area (Å²) < 4.78 is 37.7. The van der Waals surface area contributed by atoms with Crippen molar-refractivity contribution in [1.82, 2.24) is 9.46 Å². The summed E-state index contributed by atoms with van der Waals surface area (Å²) in [5.74, 6) is 0.745. The second-order valence-electron chi connectivity index (χ2n) is 7.67. The van der Waals surface area contributed by atoms with Crippen LogP contribution in [0.15, 0.2) is 33.7 Å². The minimum Gasteiger partial charge on any atom is -0.457 e. The van der Waals surface area contributed by atoms with E-state index in [0.29, 0.717) is 41.9 Å². The number of rotatable bonds is 5. The highest BCUT2D eigenvalue weighted by atomic mass is 32.2. The van der Waals surface area contributed by atoms with Crippen LogP contribution in [0.25, 0.3) is 0 Å². The van der Waals surface area contributed by atoms with E-state index < -0.39 is 16.0 Å². The first kappa shape index (κ1) is 20.5. The van der Waals surface area contributed by atoms with Gasteiger partial charge in [0.05, 0.1) is 21.7 Å². The Balaban J connectivity index is 1.69. The molecular formula is C20H26N2O5S. The Bertz CT molecular complexity index is 920. The fraction of sp³-hybridized carbons (Fsp3) is 0.500. The second kappa shape index (κ2) is 8.05. The van der Waals surface area contributed by atoms with Gasteiger partial charge in [-0.3, -0.25) is 0 Å². The third kappa shape index (κ3) is 4.28. The summed E-state index contributed by atoms with van der Waals surface area (Å²) >= 11 is 0. The van der Waals surface area contributed by atoms with Gasteiger partial charge >= 0.3 is 5.97 Å². The van der Waals surface area contributed by atoms with Gasteiger partial charge in [-0.1, -0.05) is 19.0 Å². The van der Waals surface area contributed by atoms with Crippen LogP contribution < -0.4 is 0 Å². The van der Waals surface area contributed by atoms with Gasteiger partial charge in [0.2, 0.25) is 10.0 Å². The zero-order chi connectivity index (χ0) is 20.5. The Hall–Kier alpha value is -2.19. The van der Waals surface area contributed by atoms with E-state index in [4.69, 9.17) is 9.26 Å². The fourth-order valence-electron chi connectivity index (χ4n) is 3.64. The van der Waals surface area contributed by atoms with Gasteiger partial charge in [0, 0.05) is 13.1 Å². The number of hydrogen-bond donors (Lipinski definition) is 0. The largest absolute Gasteiger partial charge is 0.457 e. The molecule has 0 radical (unpaired) electrons. The van der Waals surface area contributed by atoms with Gasteiger partial charge in [-0.15, -0.1) is 0 Å². The van der Waals surface area contributed by atoms with Crippen LogP contribution in [0, 0.1) is 25.7 Å². The third-order valence-corrected chi connectivity index (χ3v) is 6.94. The smallest absolute Gasteiger partial charge is 0.338 e. The molecule has 0 N–H and O–H groups in total. The Labute approximate surface area is 165 Å². The number of ether oxygens (including phenoxy) is 1. The van der Waals surface area contributed by atoms with E-state index in [1.807, 2.05) is 0 Å². The van der Waals surface area contributed by atoms with Gasteiger partial charge in [0.1, 0.15) is 12.4 Å². The van der Waals surface area contributed by atoms with Crippen LogP contribution in [0.1, 0.15) is 47.6 Å².